The van der Waals surface area contributed by atoms with Crippen molar-refractivity contribution in [1.82, 2.24) is 10.3 Å². The normalized spacial score (nSPS) is 10.3. The van der Waals surface area contributed by atoms with Crippen LogP contribution in [0.3, 0.4) is 0 Å². The van der Waals surface area contributed by atoms with Crippen molar-refractivity contribution in [3.8, 4) is 0 Å². The van der Waals surface area contributed by atoms with Crippen LogP contribution in [0.25, 0.3) is 0 Å². The number of hydrogen-bond donors (Lipinski definition) is 2. The molecule has 2 aromatic heterocycles. The molecule has 0 spiro atoms. The van der Waals surface area contributed by atoms with Gasteiger partial charge in [0, 0.05) is 6.54 Å². The second kappa shape index (κ2) is 5.14. The molecule has 0 fully saturated rings. The zero-order chi connectivity index (χ0) is 13.1. The van der Waals surface area contributed by atoms with Gasteiger partial charge >= 0.3 is 0 Å². The minimum absolute atomic E-state index is 0.0240. The number of pyridine rings is 1. The van der Waals surface area contributed by atoms with E-state index in [9.17, 15) is 9.18 Å². The topological polar surface area (TPSA) is 68.0 Å². The van der Waals surface area contributed by atoms with Gasteiger partial charge in [-0.15, -0.1) is 0 Å². The average molecular weight is 265 g/mol. The van der Waals surface area contributed by atoms with Gasteiger partial charge in [0.15, 0.2) is 0 Å². The summed E-state index contributed by atoms with van der Waals surface area (Å²) in [6, 6.07) is 1.08. The summed E-state index contributed by atoms with van der Waals surface area (Å²) in [5.41, 5.74) is 7.75. The quantitative estimate of drug-likeness (QED) is 0.893. The first-order valence-electron chi connectivity index (χ1n) is 5.29. The minimum atomic E-state index is -0.582. The van der Waals surface area contributed by atoms with Crippen LogP contribution in [0.4, 0.5) is 10.2 Å². The highest BCUT2D eigenvalue weighted by Gasteiger charge is 2.12. The molecule has 2 heterocycles. The third kappa shape index (κ3) is 2.65. The molecule has 0 aromatic carbocycles. The number of carbonyl (C=O) groups excluding carboxylic acids is 1. The summed E-state index contributed by atoms with van der Waals surface area (Å²) in [6.45, 7) is 2.36. The number of nitrogens with zero attached hydrogens (tertiary/aromatic N) is 1. The summed E-state index contributed by atoms with van der Waals surface area (Å²) < 4.78 is 13.0. The maximum Gasteiger partial charge on any atom is 0.255 e. The third-order valence-electron chi connectivity index (χ3n) is 2.53. The van der Waals surface area contributed by atoms with Crippen molar-refractivity contribution >= 4 is 23.1 Å². The molecule has 0 bridgehead atoms. The van der Waals surface area contributed by atoms with Crippen molar-refractivity contribution in [2.45, 2.75) is 13.5 Å². The highest BCUT2D eigenvalue weighted by atomic mass is 32.1. The van der Waals surface area contributed by atoms with Crippen molar-refractivity contribution in [2.24, 2.45) is 0 Å². The van der Waals surface area contributed by atoms with Crippen molar-refractivity contribution < 1.29 is 9.18 Å². The monoisotopic (exact) mass is 265 g/mol. The number of anilines is 1. The standard InChI is InChI=1S/C12H12FN3OS/c1-7-5-18-6-8(7)3-16-12(17)10-2-9(13)4-15-11(10)14/h2,4-6H,3H2,1H3,(H2,14,15)(H,16,17). The van der Waals surface area contributed by atoms with E-state index in [1.165, 1.54) is 0 Å². The van der Waals surface area contributed by atoms with Gasteiger partial charge in [-0.3, -0.25) is 4.79 Å². The number of thiophene rings is 1. The molecule has 0 aliphatic rings. The fourth-order valence-corrected chi connectivity index (χ4v) is 2.33. The molecule has 2 rings (SSSR count). The fraction of sp³-hybridized carbons (Fsp3) is 0.167. The van der Waals surface area contributed by atoms with Crippen LogP contribution in [0.1, 0.15) is 21.5 Å². The van der Waals surface area contributed by atoms with E-state index in [0.717, 1.165) is 23.4 Å². The molecule has 18 heavy (non-hydrogen) atoms. The van der Waals surface area contributed by atoms with E-state index in [1.54, 1.807) is 11.3 Å². The molecule has 0 aliphatic heterocycles. The van der Waals surface area contributed by atoms with E-state index in [-0.39, 0.29) is 11.4 Å². The van der Waals surface area contributed by atoms with E-state index in [0.29, 0.717) is 6.54 Å². The summed E-state index contributed by atoms with van der Waals surface area (Å²) in [5.74, 6) is -0.984. The number of nitrogens with two attached hydrogens (primary N) is 1. The molecule has 3 N–H and O–H groups in total. The summed E-state index contributed by atoms with van der Waals surface area (Å²) in [6.07, 6.45) is 0.981. The van der Waals surface area contributed by atoms with Crippen LogP contribution in [0.5, 0.6) is 0 Å². The Kier molecular flexibility index (Phi) is 3.57. The first-order valence-corrected chi connectivity index (χ1v) is 6.23. The minimum Gasteiger partial charge on any atom is -0.383 e. The maximum absolute atomic E-state index is 13.0. The van der Waals surface area contributed by atoms with Crippen molar-refractivity contribution in [3.05, 3.63) is 45.5 Å². The van der Waals surface area contributed by atoms with E-state index < -0.39 is 11.7 Å². The maximum atomic E-state index is 13.0. The molecule has 4 nitrogen and oxygen atoms in total. The van der Waals surface area contributed by atoms with Crippen molar-refractivity contribution in [3.63, 3.8) is 0 Å². The van der Waals surface area contributed by atoms with Gasteiger partial charge in [0.1, 0.15) is 11.6 Å². The highest BCUT2D eigenvalue weighted by Crippen LogP contribution is 2.14. The summed E-state index contributed by atoms with van der Waals surface area (Å²) in [4.78, 5) is 15.4. The molecular formula is C12H12FN3OS. The number of nitrogens with one attached hydrogen (secondary N) is 1. The predicted octanol–water partition coefficient (Wildman–Crippen LogP) is 2.10. The van der Waals surface area contributed by atoms with E-state index in [2.05, 4.69) is 10.3 Å². The zero-order valence-corrected chi connectivity index (χ0v) is 10.6. The molecule has 0 aliphatic carbocycles. The van der Waals surface area contributed by atoms with Gasteiger partial charge in [-0.2, -0.15) is 11.3 Å². The van der Waals surface area contributed by atoms with Crippen LogP contribution >= 0.6 is 11.3 Å². The van der Waals surface area contributed by atoms with E-state index in [1.807, 2.05) is 17.7 Å². The molecule has 0 atom stereocenters. The molecule has 0 radical (unpaired) electrons. The lowest BCUT2D eigenvalue weighted by atomic mass is 10.2. The lowest BCUT2D eigenvalue weighted by Crippen LogP contribution is -2.24. The van der Waals surface area contributed by atoms with Gasteiger partial charge in [0.25, 0.3) is 5.91 Å². The lowest BCUT2D eigenvalue weighted by molar-refractivity contribution is 0.0951. The van der Waals surface area contributed by atoms with Crippen LogP contribution in [0.15, 0.2) is 23.0 Å². The number of halogens is 1. The third-order valence-corrected chi connectivity index (χ3v) is 3.44. The Hall–Kier alpha value is -1.95. The van der Waals surface area contributed by atoms with Crippen LogP contribution in [0.2, 0.25) is 0 Å². The second-order valence-corrected chi connectivity index (χ2v) is 4.59. The van der Waals surface area contributed by atoms with Crippen LogP contribution in [-0.4, -0.2) is 10.9 Å². The zero-order valence-electron chi connectivity index (χ0n) is 9.74. The van der Waals surface area contributed by atoms with Crippen molar-refractivity contribution in [1.29, 1.82) is 0 Å². The number of amides is 1. The summed E-state index contributed by atoms with van der Waals surface area (Å²) in [5, 5.41) is 6.65. The summed E-state index contributed by atoms with van der Waals surface area (Å²) >= 11 is 1.57. The lowest BCUT2D eigenvalue weighted by Gasteiger charge is -2.06. The van der Waals surface area contributed by atoms with Crippen LogP contribution in [-0.2, 0) is 6.54 Å². The van der Waals surface area contributed by atoms with Gasteiger partial charge in [-0.1, -0.05) is 0 Å². The molecule has 94 valence electrons. The van der Waals surface area contributed by atoms with Gasteiger partial charge in [0.2, 0.25) is 0 Å². The predicted molar refractivity (Wildman–Crippen MR) is 68.8 cm³/mol. The first kappa shape index (κ1) is 12.5. The SMILES string of the molecule is Cc1cscc1CNC(=O)c1cc(F)cnc1N. The van der Waals surface area contributed by atoms with Gasteiger partial charge in [-0.25, -0.2) is 9.37 Å². The first-order chi connectivity index (χ1) is 8.58. The van der Waals surface area contributed by atoms with E-state index in [4.69, 9.17) is 5.73 Å². The van der Waals surface area contributed by atoms with Crippen LogP contribution in [0, 0.1) is 12.7 Å². The highest BCUT2D eigenvalue weighted by molar-refractivity contribution is 7.08. The molecule has 0 saturated heterocycles. The molecule has 2 aromatic rings. The Labute approximate surface area is 108 Å². The van der Waals surface area contributed by atoms with E-state index >= 15 is 0 Å². The number of rotatable bonds is 3. The van der Waals surface area contributed by atoms with Crippen LogP contribution < -0.4 is 11.1 Å². The number of aryl methyl sites for hydroxylation is 1. The smallest absolute Gasteiger partial charge is 0.255 e. The number of carbonyl (C=O) groups is 1. The van der Waals surface area contributed by atoms with Gasteiger partial charge in [-0.05, 0) is 34.9 Å². The van der Waals surface area contributed by atoms with Gasteiger partial charge < -0.3 is 11.1 Å². The fourth-order valence-electron chi connectivity index (χ4n) is 1.47. The summed E-state index contributed by atoms with van der Waals surface area (Å²) in [7, 11) is 0. The van der Waals surface area contributed by atoms with Gasteiger partial charge in [0.05, 0.1) is 11.8 Å². The molecule has 1 amide bonds. The molecular weight excluding hydrogens is 253 g/mol. The Morgan fingerprint density at radius 3 is 3.00 bits per heavy atom. The Balaban J connectivity index is 2.08. The molecule has 6 heteroatoms. The Morgan fingerprint density at radius 2 is 2.33 bits per heavy atom. The largest absolute Gasteiger partial charge is 0.383 e. The average Bonchev–Trinajstić information content (AvgIpc) is 2.75. The van der Waals surface area contributed by atoms with Crippen molar-refractivity contribution in [2.75, 3.05) is 5.73 Å². The number of aromatic nitrogens is 1. The second-order valence-electron chi connectivity index (χ2n) is 3.85. The number of nitrogen functional groups attached to an aromatic ring is 1. The molecule has 0 unspecified atom stereocenters. The number of hydrogen-bond acceptors (Lipinski definition) is 4. The Bertz CT molecular complexity index is 582. The Morgan fingerprint density at radius 1 is 1.56 bits per heavy atom. The molecule has 0 saturated carbocycles.